The molecule has 3 nitrogen and oxygen atoms in total. The molecule has 0 bridgehead atoms. The maximum absolute atomic E-state index is 13.3. The standard InChI is InChI=1S/C14H14Cl2FN3/c1-7(2)13-19-12(16)8(3)14(20-13)18-11-6-9(17)4-5-10(11)15/h4-7H,1-3H3,(H,18,19,20). The Hall–Kier alpha value is -1.39. The van der Waals surface area contributed by atoms with Gasteiger partial charge in [-0.2, -0.15) is 0 Å². The third-order valence-electron chi connectivity index (χ3n) is 2.80. The highest BCUT2D eigenvalue weighted by molar-refractivity contribution is 6.33. The topological polar surface area (TPSA) is 37.8 Å². The van der Waals surface area contributed by atoms with Crippen LogP contribution in [0.15, 0.2) is 18.2 Å². The van der Waals surface area contributed by atoms with E-state index in [1.807, 2.05) is 13.8 Å². The molecule has 0 aliphatic heterocycles. The molecule has 0 spiro atoms. The lowest BCUT2D eigenvalue weighted by atomic mass is 10.2. The van der Waals surface area contributed by atoms with Gasteiger partial charge in [0, 0.05) is 11.5 Å². The number of rotatable bonds is 3. The molecule has 106 valence electrons. The zero-order valence-electron chi connectivity index (χ0n) is 11.3. The van der Waals surface area contributed by atoms with E-state index in [9.17, 15) is 4.39 Å². The van der Waals surface area contributed by atoms with Gasteiger partial charge in [0.1, 0.15) is 22.6 Å². The summed E-state index contributed by atoms with van der Waals surface area (Å²) < 4.78 is 13.3. The van der Waals surface area contributed by atoms with Crippen LogP contribution in [0.25, 0.3) is 0 Å². The highest BCUT2D eigenvalue weighted by Gasteiger charge is 2.13. The van der Waals surface area contributed by atoms with E-state index >= 15 is 0 Å². The molecule has 0 aliphatic rings. The maximum atomic E-state index is 13.3. The van der Waals surface area contributed by atoms with Gasteiger partial charge in [0.15, 0.2) is 0 Å². The first-order valence-electron chi connectivity index (χ1n) is 6.14. The minimum atomic E-state index is -0.376. The molecule has 1 heterocycles. The van der Waals surface area contributed by atoms with Crippen LogP contribution in [0.5, 0.6) is 0 Å². The van der Waals surface area contributed by atoms with Crippen molar-refractivity contribution >= 4 is 34.7 Å². The lowest BCUT2D eigenvalue weighted by Crippen LogP contribution is -2.05. The minimum Gasteiger partial charge on any atom is -0.339 e. The summed E-state index contributed by atoms with van der Waals surface area (Å²) in [5.74, 6) is 0.909. The van der Waals surface area contributed by atoms with E-state index in [-0.39, 0.29) is 11.7 Å². The van der Waals surface area contributed by atoms with E-state index in [4.69, 9.17) is 23.2 Å². The van der Waals surface area contributed by atoms with Crippen molar-refractivity contribution in [2.24, 2.45) is 0 Å². The Balaban J connectivity index is 2.45. The quantitative estimate of drug-likeness (QED) is 0.801. The van der Waals surface area contributed by atoms with Crippen molar-refractivity contribution in [1.29, 1.82) is 0 Å². The molecule has 0 aliphatic carbocycles. The molecule has 0 fully saturated rings. The van der Waals surface area contributed by atoms with Gasteiger partial charge >= 0.3 is 0 Å². The van der Waals surface area contributed by atoms with Crippen LogP contribution in [0.1, 0.15) is 31.2 Å². The van der Waals surface area contributed by atoms with Gasteiger partial charge in [0.25, 0.3) is 0 Å². The van der Waals surface area contributed by atoms with Crippen LogP contribution in [-0.2, 0) is 0 Å². The van der Waals surface area contributed by atoms with Gasteiger partial charge in [-0.05, 0) is 25.1 Å². The van der Waals surface area contributed by atoms with Crippen LogP contribution in [0, 0.1) is 12.7 Å². The second-order valence-electron chi connectivity index (χ2n) is 4.75. The number of nitrogens with zero attached hydrogens (tertiary/aromatic N) is 2. The first kappa shape index (κ1) is 15.0. The van der Waals surface area contributed by atoms with E-state index in [0.29, 0.717) is 33.1 Å². The SMILES string of the molecule is Cc1c(Cl)nc(C(C)C)nc1Nc1cc(F)ccc1Cl. The van der Waals surface area contributed by atoms with Crippen LogP contribution in [0.4, 0.5) is 15.9 Å². The predicted molar refractivity (Wildman–Crippen MR) is 80.6 cm³/mol. The van der Waals surface area contributed by atoms with Gasteiger partial charge < -0.3 is 5.32 Å². The van der Waals surface area contributed by atoms with Gasteiger partial charge in [0.2, 0.25) is 0 Å². The number of benzene rings is 1. The molecule has 6 heteroatoms. The summed E-state index contributed by atoms with van der Waals surface area (Å²) in [7, 11) is 0. The summed E-state index contributed by atoms with van der Waals surface area (Å²) >= 11 is 12.1. The fourth-order valence-electron chi connectivity index (χ4n) is 1.61. The summed E-state index contributed by atoms with van der Waals surface area (Å²) in [4.78, 5) is 8.63. The molecular formula is C14H14Cl2FN3. The molecular weight excluding hydrogens is 300 g/mol. The monoisotopic (exact) mass is 313 g/mol. The number of aromatic nitrogens is 2. The molecule has 0 unspecified atom stereocenters. The molecule has 2 rings (SSSR count). The molecule has 0 saturated heterocycles. The third-order valence-corrected chi connectivity index (χ3v) is 3.50. The van der Waals surface area contributed by atoms with Gasteiger partial charge in [-0.15, -0.1) is 0 Å². The molecule has 1 aromatic heterocycles. The molecule has 1 N–H and O–H groups in total. The van der Waals surface area contributed by atoms with Gasteiger partial charge in [-0.1, -0.05) is 37.0 Å². The number of hydrogen-bond donors (Lipinski definition) is 1. The van der Waals surface area contributed by atoms with Crippen molar-refractivity contribution in [2.75, 3.05) is 5.32 Å². The van der Waals surface area contributed by atoms with Crippen LogP contribution < -0.4 is 5.32 Å². The molecule has 0 saturated carbocycles. The van der Waals surface area contributed by atoms with Crippen molar-refractivity contribution < 1.29 is 4.39 Å². The lowest BCUT2D eigenvalue weighted by molar-refractivity contribution is 0.628. The van der Waals surface area contributed by atoms with Crippen molar-refractivity contribution in [3.05, 3.63) is 45.6 Å². The zero-order valence-corrected chi connectivity index (χ0v) is 12.8. The van der Waals surface area contributed by atoms with E-state index < -0.39 is 0 Å². The second-order valence-corrected chi connectivity index (χ2v) is 5.52. The predicted octanol–water partition coefficient (Wildman–Crippen LogP) is 5.10. The second kappa shape index (κ2) is 5.94. The highest BCUT2D eigenvalue weighted by Crippen LogP contribution is 2.29. The maximum Gasteiger partial charge on any atom is 0.138 e. The summed E-state index contributed by atoms with van der Waals surface area (Å²) in [6.45, 7) is 5.74. The Morgan fingerprint density at radius 2 is 1.90 bits per heavy atom. The van der Waals surface area contributed by atoms with Crippen molar-refractivity contribution in [2.45, 2.75) is 26.7 Å². The average Bonchev–Trinajstić information content (AvgIpc) is 2.38. The van der Waals surface area contributed by atoms with Crippen LogP contribution >= 0.6 is 23.2 Å². The van der Waals surface area contributed by atoms with Gasteiger partial charge in [0.05, 0.1) is 10.7 Å². The van der Waals surface area contributed by atoms with Gasteiger partial charge in [-0.25, -0.2) is 14.4 Å². The Morgan fingerprint density at radius 3 is 2.55 bits per heavy atom. The van der Waals surface area contributed by atoms with Crippen molar-refractivity contribution in [1.82, 2.24) is 9.97 Å². The number of hydrogen-bond acceptors (Lipinski definition) is 3. The Kier molecular flexibility index (Phi) is 4.45. The minimum absolute atomic E-state index is 0.136. The lowest BCUT2D eigenvalue weighted by Gasteiger charge is -2.13. The first-order chi connectivity index (χ1) is 9.38. The summed E-state index contributed by atoms with van der Waals surface area (Å²) in [5.41, 5.74) is 1.13. The highest BCUT2D eigenvalue weighted by atomic mass is 35.5. The molecule has 2 aromatic rings. The third kappa shape index (κ3) is 3.19. The zero-order chi connectivity index (χ0) is 14.9. The molecule has 0 atom stereocenters. The van der Waals surface area contributed by atoms with Crippen LogP contribution in [0.2, 0.25) is 10.2 Å². The molecule has 20 heavy (non-hydrogen) atoms. The van der Waals surface area contributed by atoms with E-state index in [1.54, 1.807) is 6.92 Å². The smallest absolute Gasteiger partial charge is 0.138 e. The van der Waals surface area contributed by atoms with E-state index in [0.717, 1.165) is 0 Å². The van der Waals surface area contributed by atoms with E-state index in [1.165, 1.54) is 18.2 Å². The molecule has 0 radical (unpaired) electrons. The van der Waals surface area contributed by atoms with Crippen molar-refractivity contribution in [3.63, 3.8) is 0 Å². The number of anilines is 2. The number of halogens is 3. The Morgan fingerprint density at radius 1 is 1.20 bits per heavy atom. The fraction of sp³-hybridized carbons (Fsp3) is 0.286. The van der Waals surface area contributed by atoms with Crippen LogP contribution in [-0.4, -0.2) is 9.97 Å². The molecule has 1 aromatic carbocycles. The fourth-order valence-corrected chi connectivity index (χ4v) is 1.95. The Labute approximate surface area is 127 Å². The van der Waals surface area contributed by atoms with Crippen LogP contribution in [0.3, 0.4) is 0 Å². The summed E-state index contributed by atoms with van der Waals surface area (Å²) in [6, 6.07) is 4.10. The first-order valence-corrected chi connectivity index (χ1v) is 6.90. The normalized spacial score (nSPS) is 10.9. The van der Waals surface area contributed by atoms with Crippen molar-refractivity contribution in [3.8, 4) is 0 Å². The molecule has 0 amide bonds. The average molecular weight is 314 g/mol. The van der Waals surface area contributed by atoms with E-state index in [2.05, 4.69) is 15.3 Å². The number of nitrogens with one attached hydrogen (secondary N) is 1. The largest absolute Gasteiger partial charge is 0.339 e. The van der Waals surface area contributed by atoms with Gasteiger partial charge in [-0.3, -0.25) is 0 Å². The summed E-state index contributed by atoms with van der Waals surface area (Å²) in [5, 5.41) is 3.79. The summed E-state index contributed by atoms with van der Waals surface area (Å²) in [6.07, 6.45) is 0. The Bertz CT molecular complexity index is 645.